The summed E-state index contributed by atoms with van der Waals surface area (Å²) in [6.07, 6.45) is 0. The van der Waals surface area contributed by atoms with E-state index in [0.29, 0.717) is 0 Å². The predicted octanol–water partition coefficient (Wildman–Crippen LogP) is -2.89. The summed E-state index contributed by atoms with van der Waals surface area (Å²) in [6, 6.07) is 0. The molecule has 0 aliphatic rings. The van der Waals surface area contributed by atoms with Gasteiger partial charge in [0.2, 0.25) is 0 Å². The van der Waals surface area contributed by atoms with Crippen LogP contribution >= 0.6 is 0 Å². The van der Waals surface area contributed by atoms with Gasteiger partial charge in [0.25, 0.3) is 0 Å². The van der Waals surface area contributed by atoms with Crippen molar-refractivity contribution in [1.82, 2.24) is 0 Å². The van der Waals surface area contributed by atoms with Crippen LogP contribution in [0.3, 0.4) is 0 Å². The van der Waals surface area contributed by atoms with Gasteiger partial charge in [-0.1, -0.05) is 0 Å². The van der Waals surface area contributed by atoms with Crippen LogP contribution < -0.4 is 51.4 Å². The largest absolute Gasteiger partial charge is 1.00 e. The van der Waals surface area contributed by atoms with E-state index in [2.05, 4.69) is 0 Å². The van der Waals surface area contributed by atoms with Crippen molar-refractivity contribution in [3.63, 3.8) is 0 Å². The second-order valence-corrected chi connectivity index (χ2v) is 0. The fourth-order valence-electron chi connectivity index (χ4n) is 0. The van der Waals surface area contributed by atoms with Crippen LogP contribution in [0.1, 0.15) is 1.43 Å². The Morgan fingerprint density at radius 3 is 1.25 bits per heavy atom. The summed E-state index contributed by atoms with van der Waals surface area (Å²) in [6.45, 7) is 0. The Morgan fingerprint density at radius 2 is 1.25 bits per heavy atom. The second kappa shape index (κ2) is 16.0. The second-order valence-electron chi connectivity index (χ2n) is 0. The third-order valence-electron chi connectivity index (χ3n) is 0. The maximum Gasteiger partial charge on any atom is 1.00 e. The molecule has 0 aromatic heterocycles. The van der Waals surface area contributed by atoms with Crippen molar-refractivity contribution in [2.24, 2.45) is 0 Å². The Kier molecular flexibility index (Phi) is 102. The number of hydrogen-bond acceptors (Lipinski definition) is 0. The Morgan fingerprint density at radius 1 is 1.25 bits per heavy atom. The first-order chi connectivity index (χ1) is 0. The molecule has 0 aliphatic carbocycles. The third kappa shape index (κ3) is 9.13. The molecule has 0 amide bonds. The van der Waals surface area contributed by atoms with E-state index in [0.717, 1.165) is 0 Å². The molecule has 2 radical (unpaired) electrons. The molecule has 0 nitrogen and oxygen atoms in total. The topological polar surface area (TPSA) is 0 Å². The van der Waals surface area contributed by atoms with E-state index in [9.17, 15) is 0 Å². The molecular formula is HAuCoKPt. The molecule has 0 bridgehead atoms. The standard InChI is InChI=1S/Au.Co.K.Pt.H/q;;+1;;-1. The Bertz CT molecular complexity index is 11.6. The predicted molar refractivity (Wildman–Crippen MR) is 1.11 cm³/mol. The molecule has 0 unspecified atom stereocenters. The quantitative estimate of drug-likeness (QED) is 0.320. The van der Waals surface area contributed by atoms with Crippen molar-refractivity contribution >= 4 is 0 Å². The Hall–Kier alpha value is 3.57. The van der Waals surface area contributed by atoms with E-state index < -0.39 is 0 Å². The van der Waals surface area contributed by atoms with Gasteiger partial charge in [0.1, 0.15) is 0 Å². The van der Waals surface area contributed by atoms with Crippen LogP contribution in [0.25, 0.3) is 0 Å². The van der Waals surface area contributed by atoms with Crippen molar-refractivity contribution in [2.75, 3.05) is 0 Å². The average molecular weight is 491 g/mol. The molecule has 4 heavy (non-hydrogen) atoms. The molecule has 0 aromatic carbocycles. The van der Waals surface area contributed by atoms with Gasteiger partial charge in [-0.25, -0.2) is 0 Å². The van der Waals surface area contributed by atoms with Crippen molar-refractivity contribution in [3.05, 3.63) is 0 Å². The Labute approximate surface area is 110 Å². The summed E-state index contributed by atoms with van der Waals surface area (Å²) >= 11 is 0. The van der Waals surface area contributed by atoms with E-state index in [4.69, 9.17) is 0 Å². The van der Waals surface area contributed by atoms with Gasteiger partial charge < -0.3 is 1.43 Å². The minimum atomic E-state index is 0. The first-order valence-electron chi connectivity index (χ1n) is 0. The monoisotopic (exact) mass is 491 g/mol. The zero-order valence-corrected chi connectivity index (χ0v) is 10.6. The summed E-state index contributed by atoms with van der Waals surface area (Å²) in [5.74, 6) is 0. The molecule has 0 N–H and O–H groups in total. The summed E-state index contributed by atoms with van der Waals surface area (Å²) in [5.41, 5.74) is 0. The molecule has 0 saturated heterocycles. The maximum atomic E-state index is 0. The van der Waals surface area contributed by atoms with Crippen LogP contribution in [0.5, 0.6) is 0 Å². The van der Waals surface area contributed by atoms with Crippen LogP contribution in [-0.4, -0.2) is 0 Å². The molecule has 0 aliphatic heterocycles. The summed E-state index contributed by atoms with van der Waals surface area (Å²) in [7, 11) is 0. The van der Waals surface area contributed by atoms with Gasteiger partial charge in [-0.15, -0.1) is 0 Å². The fraction of sp³-hybridized carbons (Fsp3) is 0. The molecule has 32 valence electrons. The summed E-state index contributed by atoms with van der Waals surface area (Å²) < 4.78 is 0. The van der Waals surface area contributed by atoms with Crippen molar-refractivity contribution in [1.29, 1.82) is 0 Å². The zero-order chi connectivity index (χ0) is 0. The molecule has 0 fully saturated rings. The zero-order valence-electron chi connectivity index (χ0n) is 2.95. The molecular weight excluding hydrogens is 490 g/mol. The molecule has 0 spiro atoms. The first-order valence-corrected chi connectivity index (χ1v) is 0. The maximum absolute atomic E-state index is 0. The van der Waals surface area contributed by atoms with Crippen LogP contribution in [0.4, 0.5) is 0 Å². The van der Waals surface area contributed by atoms with Crippen molar-refractivity contribution < 1.29 is 113 Å². The van der Waals surface area contributed by atoms with E-state index >= 15 is 0 Å². The van der Waals surface area contributed by atoms with Gasteiger partial charge in [0.15, 0.2) is 0 Å². The molecule has 0 saturated carbocycles. The molecule has 4 heteroatoms. The smallest absolute Gasteiger partial charge is 1.00 e. The van der Waals surface area contributed by atoms with E-state index in [1.165, 1.54) is 0 Å². The summed E-state index contributed by atoms with van der Waals surface area (Å²) in [4.78, 5) is 0. The molecule has 0 aromatic rings. The number of hydrogen-bond donors (Lipinski definition) is 0. The SMILES string of the molecule is [Au].[Co].[H-].[K+].[Pt]. The van der Waals surface area contributed by atoms with Gasteiger partial charge in [-0.3, -0.25) is 0 Å². The first kappa shape index (κ1) is 25.6. The van der Waals surface area contributed by atoms with Crippen LogP contribution in [0, 0.1) is 0 Å². The van der Waals surface area contributed by atoms with Gasteiger partial charge >= 0.3 is 51.4 Å². The Balaban J connectivity index is 0. The van der Waals surface area contributed by atoms with Crippen LogP contribution in [0.2, 0.25) is 0 Å². The summed E-state index contributed by atoms with van der Waals surface area (Å²) in [5, 5.41) is 0. The molecule has 0 heterocycles. The number of rotatable bonds is 0. The van der Waals surface area contributed by atoms with Gasteiger partial charge in [-0.05, 0) is 0 Å². The van der Waals surface area contributed by atoms with Gasteiger partial charge in [0.05, 0.1) is 0 Å². The van der Waals surface area contributed by atoms with Crippen LogP contribution in [0.15, 0.2) is 0 Å². The van der Waals surface area contributed by atoms with Crippen LogP contribution in [-0.2, 0) is 60.2 Å². The normalized spacial score (nSPS) is 0. The van der Waals surface area contributed by atoms with E-state index in [1.807, 2.05) is 0 Å². The third-order valence-corrected chi connectivity index (χ3v) is 0. The van der Waals surface area contributed by atoms with E-state index in [-0.39, 0.29) is 113 Å². The van der Waals surface area contributed by atoms with E-state index in [1.54, 1.807) is 0 Å². The van der Waals surface area contributed by atoms with Gasteiger partial charge in [0, 0.05) is 60.2 Å². The van der Waals surface area contributed by atoms with Crippen molar-refractivity contribution in [3.8, 4) is 0 Å². The van der Waals surface area contributed by atoms with Crippen molar-refractivity contribution in [2.45, 2.75) is 0 Å². The molecule has 0 atom stereocenters. The molecule has 0 rings (SSSR count). The fourth-order valence-corrected chi connectivity index (χ4v) is 0. The minimum absolute atomic E-state index is 0. The minimum Gasteiger partial charge on any atom is -1.00 e. The van der Waals surface area contributed by atoms with Gasteiger partial charge in [-0.2, -0.15) is 0 Å². The average Bonchev–Trinajstić information content (AvgIpc) is 0.